The van der Waals surface area contributed by atoms with E-state index in [1.807, 2.05) is 52.8 Å². The molecule has 0 radical (unpaired) electrons. The molecule has 0 heterocycles. The quantitative estimate of drug-likeness (QED) is 0.449. The van der Waals surface area contributed by atoms with Gasteiger partial charge in [-0.25, -0.2) is 0 Å². The van der Waals surface area contributed by atoms with Gasteiger partial charge in [-0.1, -0.05) is 52.0 Å². The largest absolute Gasteiger partial charge is 0.491 e. The number of carboxylic acid groups (broad SMARTS) is 1. The second-order valence-electron chi connectivity index (χ2n) is 10.6. The highest BCUT2D eigenvalue weighted by atomic mass is 16.5. The Hall–Kier alpha value is -2.86. The smallest absolute Gasteiger partial charge is 0.323 e. The maximum Gasteiger partial charge on any atom is 0.323 e. The first-order chi connectivity index (χ1) is 16.3. The molecule has 0 aromatic heterocycles. The third-order valence-electron chi connectivity index (χ3n) is 6.58. The van der Waals surface area contributed by atoms with E-state index in [0.717, 1.165) is 41.7 Å². The highest BCUT2D eigenvalue weighted by molar-refractivity contribution is 5.97. The molecule has 6 heteroatoms. The van der Waals surface area contributed by atoms with Crippen molar-refractivity contribution in [2.24, 2.45) is 5.41 Å². The van der Waals surface area contributed by atoms with E-state index in [0.29, 0.717) is 11.5 Å². The van der Waals surface area contributed by atoms with Crippen LogP contribution < -0.4 is 4.74 Å². The average Bonchev–Trinajstić information content (AvgIpc) is 2.77. The zero-order valence-corrected chi connectivity index (χ0v) is 22.2. The number of amides is 1. The number of aliphatic hydroxyl groups excluding tert-OH is 1. The molecule has 0 saturated carbocycles. The van der Waals surface area contributed by atoms with Gasteiger partial charge in [0.1, 0.15) is 18.9 Å². The lowest BCUT2D eigenvalue weighted by Gasteiger charge is -2.26. The molecule has 2 N–H and O–H groups in total. The van der Waals surface area contributed by atoms with Gasteiger partial charge in [-0.05, 0) is 78.8 Å². The van der Waals surface area contributed by atoms with Gasteiger partial charge >= 0.3 is 5.97 Å². The lowest BCUT2D eigenvalue weighted by atomic mass is 9.88. The normalized spacial score (nSPS) is 13.3. The molecule has 0 spiro atoms. The first kappa shape index (κ1) is 28.4. The van der Waals surface area contributed by atoms with Gasteiger partial charge in [0.2, 0.25) is 0 Å². The highest BCUT2D eigenvalue weighted by Crippen LogP contribution is 2.30. The van der Waals surface area contributed by atoms with Gasteiger partial charge in [0.15, 0.2) is 0 Å². The lowest BCUT2D eigenvalue weighted by Crippen LogP contribution is -2.32. The monoisotopic (exact) mass is 483 g/mol. The first-order valence-electron chi connectivity index (χ1n) is 12.3. The van der Waals surface area contributed by atoms with E-state index >= 15 is 0 Å². The fourth-order valence-electron chi connectivity index (χ4n) is 4.06. The van der Waals surface area contributed by atoms with Crippen molar-refractivity contribution in [2.75, 3.05) is 20.2 Å². The molecule has 2 aromatic rings. The Balaban J connectivity index is 2.04. The minimum atomic E-state index is -1.03. The number of hydrogen-bond acceptors (Lipinski definition) is 4. The third-order valence-corrected chi connectivity index (χ3v) is 6.58. The molecule has 35 heavy (non-hydrogen) atoms. The van der Waals surface area contributed by atoms with Crippen LogP contribution in [0.1, 0.15) is 79.1 Å². The number of aliphatic hydroxyl groups is 1. The van der Waals surface area contributed by atoms with Gasteiger partial charge in [-0.3, -0.25) is 9.59 Å². The number of ether oxygens (including phenoxy) is 1. The Bertz CT molecular complexity index is 1020. The van der Waals surface area contributed by atoms with Crippen molar-refractivity contribution >= 4 is 11.9 Å². The van der Waals surface area contributed by atoms with E-state index in [1.54, 1.807) is 6.07 Å². The second kappa shape index (κ2) is 12.2. The van der Waals surface area contributed by atoms with Crippen molar-refractivity contribution in [1.82, 2.24) is 4.90 Å². The molecule has 2 aromatic carbocycles. The molecule has 192 valence electrons. The standard InChI is InChI=1S/C29H41NO5/c1-8-22(23-12-14-25(20(3)16-23)35-18-26(31)29(4,5)6)11-9-21-10-13-24(19(2)15-21)28(34)30(7)17-27(32)33/h10,12-16,22,26,31H,8-9,11,17-18H2,1-7H3,(H,32,33). The molecule has 2 rings (SSSR count). The maximum atomic E-state index is 12.5. The van der Waals surface area contributed by atoms with Gasteiger partial charge in [0, 0.05) is 12.6 Å². The van der Waals surface area contributed by atoms with Crippen LogP contribution in [0.3, 0.4) is 0 Å². The second-order valence-corrected chi connectivity index (χ2v) is 10.6. The number of carbonyl (C=O) groups is 2. The summed E-state index contributed by atoms with van der Waals surface area (Å²) in [5, 5.41) is 19.2. The van der Waals surface area contributed by atoms with E-state index in [2.05, 4.69) is 19.1 Å². The number of benzene rings is 2. The minimum absolute atomic E-state index is 0.223. The van der Waals surface area contributed by atoms with Gasteiger partial charge < -0.3 is 19.8 Å². The number of carboxylic acids is 1. The van der Waals surface area contributed by atoms with Gasteiger partial charge in [-0.15, -0.1) is 0 Å². The Morgan fingerprint density at radius 1 is 1.06 bits per heavy atom. The van der Waals surface area contributed by atoms with Gasteiger partial charge in [0.25, 0.3) is 5.91 Å². The van der Waals surface area contributed by atoms with E-state index in [4.69, 9.17) is 9.84 Å². The van der Waals surface area contributed by atoms with Crippen LogP contribution in [0.4, 0.5) is 0 Å². The van der Waals surface area contributed by atoms with Crippen molar-refractivity contribution in [3.05, 3.63) is 64.2 Å². The van der Waals surface area contributed by atoms with Crippen LogP contribution in [0, 0.1) is 19.3 Å². The molecule has 0 saturated heterocycles. The van der Waals surface area contributed by atoms with Crippen LogP contribution in [-0.2, 0) is 11.2 Å². The number of aryl methyl sites for hydroxylation is 3. The number of likely N-dealkylation sites (N-methyl/N-ethyl adjacent to an activating group) is 1. The SMILES string of the molecule is CCC(CCc1ccc(C(=O)N(C)CC(=O)O)c(C)c1)c1ccc(OCC(O)C(C)(C)C)c(C)c1. The summed E-state index contributed by atoms with van der Waals surface area (Å²) in [5.74, 6) is -0.115. The Labute approximate surface area is 209 Å². The Morgan fingerprint density at radius 3 is 2.29 bits per heavy atom. The number of aliphatic carboxylic acids is 1. The molecule has 2 atom stereocenters. The summed E-state index contributed by atoms with van der Waals surface area (Å²) in [5.41, 5.74) is 4.66. The first-order valence-corrected chi connectivity index (χ1v) is 12.3. The van der Waals surface area contributed by atoms with Crippen LogP contribution in [-0.4, -0.2) is 53.3 Å². The molecular weight excluding hydrogens is 442 g/mol. The zero-order valence-electron chi connectivity index (χ0n) is 22.2. The van der Waals surface area contributed by atoms with Crippen LogP contribution in [0.15, 0.2) is 36.4 Å². The number of hydrogen-bond donors (Lipinski definition) is 2. The zero-order chi connectivity index (χ0) is 26.3. The fraction of sp³-hybridized carbons (Fsp3) is 0.517. The summed E-state index contributed by atoms with van der Waals surface area (Å²) in [6, 6.07) is 12.1. The summed E-state index contributed by atoms with van der Waals surface area (Å²) in [4.78, 5) is 24.7. The predicted octanol–water partition coefficient (Wildman–Crippen LogP) is 5.37. The maximum absolute atomic E-state index is 12.5. The van der Waals surface area contributed by atoms with Crippen molar-refractivity contribution in [3.63, 3.8) is 0 Å². The molecule has 0 aliphatic carbocycles. The van der Waals surface area contributed by atoms with Crippen LogP contribution >= 0.6 is 0 Å². The number of rotatable bonds is 11. The molecule has 2 unspecified atom stereocenters. The van der Waals surface area contributed by atoms with Gasteiger partial charge in [0.05, 0.1) is 6.10 Å². The highest BCUT2D eigenvalue weighted by Gasteiger charge is 2.23. The number of nitrogens with zero attached hydrogens (tertiary/aromatic N) is 1. The molecule has 1 amide bonds. The Kier molecular flexibility index (Phi) is 9.90. The van der Waals surface area contributed by atoms with E-state index < -0.39 is 12.1 Å². The third kappa shape index (κ3) is 8.10. The summed E-state index contributed by atoms with van der Waals surface area (Å²) in [7, 11) is 1.50. The van der Waals surface area contributed by atoms with E-state index in [9.17, 15) is 14.7 Å². The van der Waals surface area contributed by atoms with Gasteiger partial charge in [-0.2, -0.15) is 0 Å². The summed E-state index contributed by atoms with van der Waals surface area (Å²) < 4.78 is 5.89. The van der Waals surface area contributed by atoms with E-state index in [1.165, 1.54) is 17.5 Å². The summed E-state index contributed by atoms with van der Waals surface area (Å²) >= 11 is 0. The molecule has 0 bridgehead atoms. The van der Waals surface area contributed by atoms with Crippen LogP contribution in [0.25, 0.3) is 0 Å². The van der Waals surface area contributed by atoms with Crippen molar-refractivity contribution in [2.45, 2.75) is 72.8 Å². The van der Waals surface area contributed by atoms with Crippen LogP contribution in [0.2, 0.25) is 0 Å². The average molecular weight is 484 g/mol. The molecule has 0 aliphatic heterocycles. The van der Waals surface area contributed by atoms with E-state index in [-0.39, 0.29) is 24.5 Å². The number of carbonyl (C=O) groups excluding carboxylic acids is 1. The van der Waals surface area contributed by atoms with Crippen LogP contribution in [0.5, 0.6) is 5.75 Å². The summed E-state index contributed by atoms with van der Waals surface area (Å²) in [6.07, 6.45) is 2.34. The topological polar surface area (TPSA) is 87.1 Å². The molecule has 6 nitrogen and oxygen atoms in total. The predicted molar refractivity (Wildman–Crippen MR) is 139 cm³/mol. The molecule has 0 aliphatic rings. The molecular formula is C29H41NO5. The summed E-state index contributed by atoms with van der Waals surface area (Å²) in [6.45, 7) is 12.0. The Morgan fingerprint density at radius 2 is 1.74 bits per heavy atom. The van der Waals surface area contributed by atoms with Crippen molar-refractivity contribution in [1.29, 1.82) is 0 Å². The molecule has 0 fully saturated rings. The lowest BCUT2D eigenvalue weighted by molar-refractivity contribution is -0.137. The van der Waals surface area contributed by atoms with Crippen molar-refractivity contribution < 1.29 is 24.5 Å². The van der Waals surface area contributed by atoms with Crippen molar-refractivity contribution in [3.8, 4) is 5.75 Å². The minimum Gasteiger partial charge on any atom is -0.491 e. The fourth-order valence-corrected chi connectivity index (χ4v) is 4.06.